The number of likely N-dealkylation sites (tertiary alicyclic amines) is 1. The Morgan fingerprint density at radius 3 is 2.43 bits per heavy atom. The number of carbonyl (C=O) groups excluding carboxylic acids is 1. The van der Waals surface area contributed by atoms with Gasteiger partial charge in [-0.15, -0.1) is 0 Å². The van der Waals surface area contributed by atoms with Crippen molar-refractivity contribution in [1.82, 2.24) is 19.8 Å². The Hall–Kier alpha value is -3.99. The minimum Gasteiger partial charge on any atom is -0.481 e. The van der Waals surface area contributed by atoms with Gasteiger partial charge in [-0.1, -0.05) is 26.0 Å². The number of aliphatic carboxylic acids is 1. The lowest BCUT2D eigenvalue weighted by molar-refractivity contribution is -0.138. The van der Waals surface area contributed by atoms with Crippen LogP contribution in [0.15, 0.2) is 41.3 Å². The van der Waals surface area contributed by atoms with Gasteiger partial charge in [0.1, 0.15) is 29.5 Å². The number of benzene rings is 2. The molecule has 2 N–H and O–H groups in total. The third kappa shape index (κ3) is 7.56. The van der Waals surface area contributed by atoms with Gasteiger partial charge in [0.25, 0.3) is 5.56 Å². The summed E-state index contributed by atoms with van der Waals surface area (Å²) in [5.74, 6) is -3.20. The molecule has 1 amide bonds. The highest BCUT2D eigenvalue weighted by molar-refractivity contribution is 5.82. The van der Waals surface area contributed by atoms with E-state index in [-0.39, 0.29) is 34.7 Å². The van der Waals surface area contributed by atoms with E-state index in [0.29, 0.717) is 42.9 Å². The van der Waals surface area contributed by atoms with Gasteiger partial charge in [0, 0.05) is 43.4 Å². The second kappa shape index (κ2) is 13.8. The molecular formula is C33H39F3N4O4. The highest BCUT2D eigenvalue weighted by atomic mass is 19.1. The Morgan fingerprint density at radius 1 is 1.11 bits per heavy atom. The molecule has 44 heavy (non-hydrogen) atoms. The molecule has 3 aromatic rings. The van der Waals surface area contributed by atoms with E-state index in [0.717, 1.165) is 0 Å². The fourth-order valence-electron chi connectivity index (χ4n) is 5.68. The number of carboxylic acids is 1. The summed E-state index contributed by atoms with van der Waals surface area (Å²) in [6.45, 7) is 9.76. The number of carboxylic acid groups (broad SMARTS) is 1. The molecule has 2 heterocycles. The van der Waals surface area contributed by atoms with Gasteiger partial charge in [-0.05, 0) is 68.0 Å². The van der Waals surface area contributed by atoms with Gasteiger partial charge in [0.15, 0.2) is 0 Å². The molecule has 0 spiro atoms. The highest BCUT2D eigenvalue weighted by Crippen LogP contribution is 2.33. The lowest BCUT2D eigenvalue weighted by Crippen LogP contribution is -2.49. The Kier molecular flexibility index (Phi) is 10.3. The van der Waals surface area contributed by atoms with Crippen molar-refractivity contribution in [3.63, 3.8) is 0 Å². The topological polar surface area (TPSA) is 105 Å². The molecule has 1 aliphatic heterocycles. The molecule has 0 radical (unpaired) electrons. The number of hydrogen-bond donors (Lipinski definition) is 2. The van der Waals surface area contributed by atoms with Crippen molar-refractivity contribution in [2.24, 2.45) is 5.92 Å². The zero-order chi connectivity index (χ0) is 32.3. The number of nitrogens with zero attached hydrogens (tertiary/aromatic N) is 3. The van der Waals surface area contributed by atoms with Gasteiger partial charge in [-0.25, -0.2) is 13.2 Å². The SMILES string of the molecule is Cc1cc(-c2c(C)cccc2F)cc([C@H](CC(=O)O)NC(=O)[C@H](CC(C)C)n2cc(CCN3CC(F)C3)nc(C)c2=O)c1F. The van der Waals surface area contributed by atoms with Crippen molar-refractivity contribution >= 4 is 11.9 Å². The van der Waals surface area contributed by atoms with Gasteiger partial charge < -0.3 is 10.4 Å². The third-order valence-corrected chi connectivity index (χ3v) is 7.94. The van der Waals surface area contributed by atoms with Crippen LogP contribution in [-0.4, -0.2) is 57.2 Å². The monoisotopic (exact) mass is 612 g/mol. The number of alkyl halides is 1. The number of rotatable bonds is 12. The lowest BCUT2D eigenvalue weighted by Gasteiger charge is -2.34. The van der Waals surface area contributed by atoms with E-state index in [1.165, 1.54) is 35.9 Å². The van der Waals surface area contributed by atoms with Crippen LogP contribution >= 0.6 is 0 Å². The molecular weight excluding hydrogens is 573 g/mol. The quantitative estimate of drug-likeness (QED) is 0.290. The number of nitrogens with one attached hydrogen (secondary N) is 1. The average Bonchev–Trinajstić information content (AvgIpc) is 2.92. The first-order valence-corrected chi connectivity index (χ1v) is 14.8. The van der Waals surface area contributed by atoms with E-state index < -0.39 is 53.7 Å². The first kappa shape index (κ1) is 32.9. The van der Waals surface area contributed by atoms with Crippen LogP contribution in [0, 0.1) is 38.3 Å². The number of hydrogen-bond acceptors (Lipinski definition) is 5. The van der Waals surface area contributed by atoms with Crippen molar-refractivity contribution in [1.29, 1.82) is 0 Å². The molecule has 0 aliphatic carbocycles. The largest absolute Gasteiger partial charge is 0.481 e. The minimum absolute atomic E-state index is 0.0404. The maximum Gasteiger partial charge on any atom is 0.305 e. The number of halogens is 3. The minimum atomic E-state index is -1.31. The first-order chi connectivity index (χ1) is 20.7. The van der Waals surface area contributed by atoms with Crippen LogP contribution in [0.2, 0.25) is 0 Å². The van der Waals surface area contributed by atoms with E-state index in [4.69, 9.17) is 0 Å². The maximum atomic E-state index is 15.6. The van der Waals surface area contributed by atoms with Gasteiger partial charge in [-0.2, -0.15) is 0 Å². The molecule has 8 nitrogen and oxygen atoms in total. The summed E-state index contributed by atoms with van der Waals surface area (Å²) >= 11 is 0. The fraction of sp³-hybridized carbons (Fsp3) is 0.455. The van der Waals surface area contributed by atoms with E-state index in [2.05, 4.69) is 10.3 Å². The normalized spacial score (nSPS) is 15.2. The zero-order valence-corrected chi connectivity index (χ0v) is 25.7. The first-order valence-electron chi connectivity index (χ1n) is 14.8. The number of carbonyl (C=O) groups is 2. The third-order valence-electron chi connectivity index (χ3n) is 7.94. The summed E-state index contributed by atoms with van der Waals surface area (Å²) in [5.41, 5.74) is 1.55. The second-order valence-corrected chi connectivity index (χ2v) is 12.1. The summed E-state index contributed by atoms with van der Waals surface area (Å²) in [7, 11) is 0. The lowest BCUT2D eigenvalue weighted by atomic mass is 9.92. The van der Waals surface area contributed by atoms with Crippen molar-refractivity contribution in [3.05, 3.63) is 86.6 Å². The Labute approximate surface area is 254 Å². The molecule has 11 heteroatoms. The Morgan fingerprint density at radius 2 is 1.82 bits per heavy atom. The van der Waals surface area contributed by atoms with Crippen molar-refractivity contribution < 1.29 is 27.9 Å². The molecule has 236 valence electrons. The molecule has 4 rings (SSSR count). The molecule has 1 aliphatic rings. The predicted octanol–water partition coefficient (Wildman–Crippen LogP) is 5.23. The van der Waals surface area contributed by atoms with Gasteiger partial charge in [0.2, 0.25) is 5.91 Å². The highest BCUT2D eigenvalue weighted by Gasteiger charge is 2.30. The van der Waals surface area contributed by atoms with Gasteiger partial charge >= 0.3 is 5.97 Å². The van der Waals surface area contributed by atoms with Crippen LogP contribution in [-0.2, 0) is 16.0 Å². The van der Waals surface area contributed by atoms with E-state index in [1.54, 1.807) is 26.0 Å². The van der Waals surface area contributed by atoms with Crippen LogP contribution in [0.5, 0.6) is 0 Å². The molecule has 0 bridgehead atoms. The molecule has 1 aromatic heterocycles. The predicted molar refractivity (Wildman–Crippen MR) is 161 cm³/mol. The van der Waals surface area contributed by atoms with Crippen LogP contribution in [0.1, 0.15) is 66.9 Å². The molecule has 2 aromatic carbocycles. The number of amides is 1. The van der Waals surface area contributed by atoms with Gasteiger partial charge in [-0.3, -0.25) is 28.8 Å². The second-order valence-electron chi connectivity index (χ2n) is 12.1. The van der Waals surface area contributed by atoms with E-state index in [9.17, 15) is 28.3 Å². The van der Waals surface area contributed by atoms with Crippen LogP contribution < -0.4 is 10.9 Å². The van der Waals surface area contributed by atoms with Crippen molar-refractivity contribution in [3.8, 4) is 11.1 Å². The average molecular weight is 613 g/mol. The Balaban J connectivity index is 1.71. The molecule has 0 unspecified atom stereocenters. The van der Waals surface area contributed by atoms with Crippen LogP contribution in [0.25, 0.3) is 11.1 Å². The molecule has 1 fully saturated rings. The molecule has 2 atom stereocenters. The number of aromatic nitrogens is 2. The zero-order valence-electron chi connectivity index (χ0n) is 25.7. The number of aryl methyl sites for hydroxylation is 3. The fourth-order valence-corrected chi connectivity index (χ4v) is 5.68. The van der Waals surface area contributed by atoms with E-state index >= 15 is 4.39 Å². The maximum absolute atomic E-state index is 15.6. The molecule has 1 saturated heterocycles. The van der Waals surface area contributed by atoms with Crippen LogP contribution in [0.3, 0.4) is 0 Å². The van der Waals surface area contributed by atoms with Crippen molar-refractivity contribution in [2.75, 3.05) is 19.6 Å². The van der Waals surface area contributed by atoms with Crippen LogP contribution in [0.4, 0.5) is 13.2 Å². The smallest absolute Gasteiger partial charge is 0.305 e. The summed E-state index contributed by atoms with van der Waals surface area (Å²) in [6.07, 6.45) is 0.712. The van der Waals surface area contributed by atoms with Gasteiger partial charge in [0.05, 0.1) is 18.2 Å². The van der Waals surface area contributed by atoms with Crippen molar-refractivity contribution in [2.45, 2.75) is 72.1 Å². The standard InChI is InChI=1S/C33H39F3N4O4/c1-18(2)11-28(40-17-24(37-21(5)33(40)44)9-10-39-15-23(34)16-39)32(43)38-27(14-29(41)42)25-13-22(12-20(4)31(25)36)30-19(3)7-6-8-26(30)35/h6-8,12-13,17-18,23,27-28H,9-11,14-16H2,1-5H3,(H,38,43)(H,41,42)/t27-,28-/m0/s1. The summed E-state index contributed by atoms with van der Waals surface area (Å²) in [5, 5.41) is 12.4. The summed E-state index contributed by atoms with van der Waals surface area (Å²) in [6, 6.07) is 5.08. The summed E-state index contributed by atoms with van der Waals surface area (Å²) in [4.78, 5) is 45.4. The summed E-state index contributed by atoms with van der Waals surface area (Å²) < 4.78 is 45.1. The molecule has 0 saturated carbocycles. The Bertz CT molecular complexity index is 1580. The van der Waals surface area contributed by atoms with E-state index in [1.807, 2.05) is 18.7 Å².